The normalized spacial score (nSPS) is 14.0. The molecule has 0 atom stereocenters. The molecule has 0 unspecified atom stereocenters. The number of aromatic nitrogens is 1. The van der Waals surface area contributed by atoms with Crippen LogP contribution < -0.4 is 4.74 Å². The molecule has 5 heteroatoms. The van der Waals surface area contributed by atoms with E-state index in [4.69, 9.17) is 16.3 Å². The fourth-order valence-corrected chi connectivity index (χ4v) is 2.49. The van der Waals surface area contributed by atoms with Crippen molar-refractivity contribution < 1.29 is 9.53 Å². The van der Waals surface area contributed by atoms with Gasteiger partial charge in [0.25, 0.3) is 5.91 Å². The highest BCUT2D eigenvalue weighted by Crippen LogP contribution is 2.30. The van der Waals surface area contributed by atoms with Crippen LogP contribution in [0.1, 0.15) is 28.9 Å². The van der Waals surface area contributed by atoms with E-state index in [2.05, 4.69) is 4.98 Å². The zero-order valence-electron chi connectivity index (χ0n) is 11.8. The van der Waals surface area contributed by atoms with Gasteiger partial charge in [0.05, 0.1) is 12.1 Å². The number of benzene rings is 1. The van der Waals surface area contributed by atoms with Crippen LogP contribution in [0, 0.1) is 0 Å². The number of hydrogen-bond donors (Lipinski definition) is 1. The van der Waals surface area contributed by atoms with Crippen molar-refractivity contribution in [3.8, 4) is 5.75 Å². The molecule has 0 radical (unpaired) electrons. The van der Waals surface area contributed by atoms with E-state index < -0.39 is 0 Å². The Morgan fingerprint density at radius 1 is 1.38 bits per heavy atom. The van der Waals surface area contributed by atoms with Gasteiger partial charge in [-0.3, -0.25) is 4.79 Å². The molecule has 1 fully saturated rings. The van der Waals surface area contributed by atoms with E-state index in [1.165, 1.54) is 0 Å². The van der Waals surface area contributed by atoms with Crippen LogP contribution in [0.3, 0.4) is 0 Å². The molecule has 0 saturated heterocycles. The van der Waals surface area contributed by atoms with Gasteiger partial charge in [0.2, 0.25) is 0 Å². The minimum absolute atomic E-state index is 0.000202. The third-order valence-corrected chi connectivity index (χ3v) is 3.86. The zero-order chi connectivity index (χ0) is 14.8. The highest BCUT2D eigenvalue weighted by Gasteiger charge is 2.33. The Labute approximate surface area is 128 Å². The number of carbonyl (C=O) groups is 1. The van der Waals surface area contributed by atoms with Crippen LogP contribution in [0.25, 0.3) is 0 Å². The second-order valence-electron chi connectivity index (χ2n) is 5.24. The molecule has 21 heavy (non-hydrogen) atoms. The predicted octanol–water partition coefficient (Wildman–Crippen LogP) is 3.48. The number of ether oxygens (including phenoxy) is 1. The van der Waals surface area contributed by atoms with E-state index in [-0.39, 0.29) is 5.91 Å². The molecule has 2 aromatic rings. The molecule has 1 heterocycles. The SMILES string of the molecule is COc1ccc(CN(C(=O)c2cc(Cl)c[nH]2)C2CC2)cc1. The molecule has 1 N–H and O–H groups in total. The lowest BCUT2D eigenvalue weighted by molar-refractivity contribution is 0.0724. The first-order valence-electron chi connectivity index (χ1n) is 6.95. The van der Waals surface area contributed by atoms with Crippen molar-refractivity contribution in [2.24, 2.45) is 0 Å². The predicted molar refractivity (Wildman–Crippen MR) is 81.7 cm³/mol. The van der Waals surface area contributed by atoms with Crippen LogP contribution in [0.2, 0.25) is 5.02 Å². The van der Waals surface area contributed by atoms with Gasteiger partial charge in [-0.2, -0.15) is 0 Å². The summed E-state index contributed by atoms with van der Waals surface area (Å²) in [6.07, 6.45) is 3.76. The van der Waals surface area contributed by atoms with Crippen molar-refractivity contribution in [3.63, 3.8) is 0 Å². The lowest BCUT2D eigenvalue weighted by atomic mass is 10.2. The van der Waals surface area contributed by atoms with Gasteiger partial charge in [0.1, 0.15) is 11.4 Å². The van der Waals surface area contributed by atoms with Crippen LogP contribution in [0.4, 0.5) is 0 Å². The first-order chi connectivity index (χ1) is 10.2. The third kappa shape index (κ3) is 3.22. The maximum atomic E-state index is 12.6. The number of carbonyl (C=O) groups excluding carboxylic acids is 1. The first kappa shape index (κ1) is 14.0. The standard InChI is InChI=1S/C16H17ClN2O2/c1-21-14-6-2-11(3-7-14)10-19(13-4-5-13)16(20)15-8-12(17)9-18-15/h2-3,6-9,13,18H,4-5,10H2,1H3. The Kier molecular flexibility index (Phi) is 3.88. The minimum Gasteiger partial charge on any atom is -0.497 e. The summed E-state index contributed by atoms with van der Waals surface area (Å²) in [6, 6.07) is 9.81. The summed E-state index contributed by atoms with van der Waals surface area (Å²) < 4.78 is 5.15. The number of aromatic amines is 1. The van der Waals surface area contributed by atoms with Gasteiger partial charge in [0.15, 0.2) is 0 Å². The van der Waals surface area contributed by atoms with E-state index in [9.17, 15) is 4.79 Å². The van der Waals surface area contributed by atoms with Crippen molar-refractivity contribution in [3.05, 3.63) is 52.8 Å². The van der Waals surface area contributed by atoms with Crippen molar-refractivity contribution in [1.82, 2.24) is 9.88 Å². The maximum absolute atomic E-state index is 12.6. The highest BCUT2D eigenvalue weighted by molar-refractivity contribution is 6.30. The lowest BCUT2D eigenvalue weighted by Gasteiger charge is -2.22. The molecule has 4 nitrogen and oxygen atoms in total. The number of H-pyrrole nitrogens is 1. The Morgan fingerprint density at radius 2 is 2.10 bits per heavy atom. The molecule has 1 amide bonds. The monoisotopic (exact) mass is 304 g/mol. The van der Waals surface area contributed by atoms with Crippen molar-refractivity contribution in [1.29, 1.82) is 0 Å². The van der Waals surface area contributed by atoms with E-state index in [1.807, 2.05) is 29.2 Å². The van der Waals surface area contributed by atoms with Gasteiger partial charge in [-0.1, -0.05) is 23.7 Å². The molecule has 3 rings (SSSR count). The van der Waals surface area contributed by atoms with E-state index in [1.54, 1.807) is 19.4 Å². The summed E-state index contributed by atoms with van der Waals surface area (Å²) in [6.45, 7) is 0.601. The second-order valence-corrected chi connectivity index (χ2v) is 5.68. The zero-order valence-corrected chi connectivity index (χ0v) is 12.6. The third-order valence-electron chi connectivity index (χ3n) is 3.64. The number of amides is 1. The molecule has 1 aromatic carbocycles. The average molecular weight is 305 g/mol. The van der Waals surface area contributed by atoms with Crippen molar-refractivity contribution in [2.75, 3.05) is 7.11 Å². The van der Waals surface area contributed by atoms with Crippen LogP contribution in [0.15, 0.2) is 36.5 Å². The first-order valence-corrected chi connectivity index (χ1v) is 7.33. The van der Waals surface area contributed by atoms with E-state index in [0.717, 1.165) is 24.2 Å². The van der Waals surface area contributed by atoms with E-state index in [0.29, 0.717) is 23.3 Å². The smallest absolute Gasteiger partial charge is 0.270 e. The fraction of sp³-hybridized carbons (Fsp3) is 0.312. The lowest BCUT2D eigenvalue weighted by Crippen LogP contribution is -2.32. The minimum atomic E-state index is 0.000202. The molecular weight excluding hydrogens is 288 g/mol. The molecule has 0 bridgehead atoms. The summed E-state index contributed by atoms with van der Waals surface area (Å²) in [4.78, 5) is 17.4. The van der Waals surface area contributed by atoms with Crippen LogP contribution in [-0.2, 0) is 6.54 Å². The van der Waals surface area contributed by atoms with Crippen LogP contribution in [0.5, 0.6) is 5.75 Å². The molecule has 0 spiro atoms. The number of methoxy groups -OCH3 is 1. The molecule has 0 aliphatic heterocycles. The van der Waals surface area contributed by atoms with Gasteiger partial charge < -0.3 is 14.6 Å². The number of nitrogens with zero attached hydrogens (tertiary/aromatic N) is 1. The number of nitrogens with one attached hydrogen (secondary N) is 1. The van der Waals surface area contributed by atoms with Crippen molar-refractivity contribution in [2.45, 2.75) is 25.4 Å². The Balaban J connectivity index is 1.76. The molecular formula is C16H17ClN2O2. The van der Waals surface area contributed by atoms with Crippen LogP contribution >= 0.6 is 11.6 Å². The molecule has 1 aliphatic carbocycles. The van der Waals surface area contributed by atoms with Gasteiger partial charge in [-0.25, -0.2) is 0 Å². The Bertz CT molecular complexity index is 632. The summed E-state index contributed by atoms with van der Waals surface area (Å²) >= 11 is 5.88. The van der Waals surface area contributed by atoms with Gasteiger partial charge in [0, 0.05) is 18.8 Å². The Hall–Kier alpha value is -1.94. The Morgan fingerprint density at radius 3 is 2.62 bits per heavy atom. The highest BCUT2D eigenvalue weighted by atomic mass is 35.5. The summed E-state index contributed by atoms with van der Waals surface area (Å²) in [5.74, 6) is 0.819. The van der Waals surface area contributed by atoms with Gasteiger partial charge in [-0.15, -0.1) is 0 Å². The summed E-state index contributed by atoms with van der Waals surface area (Å²) in [5.41, 5.74) is 1.63. The molecule has 1 saturated carbocycles. The quantitative estimate of drug-likeness (QED) is 0.919. The van der Waals surface area contributed by atoms with Crippen LogP contribution in [-0.4, -0.2) is 28.9 Å². The van der Waals surface area contributed by atoms with Gasteiger partial charge in [-0.05, 0) is 36.6 Å². The summed E-state index contributed by atoms with van der Waals surface area (Å²) in [7, 11) is 1.64. The fourth-order valence-electron chi connectivity index (χ4n) is 2.33. The molecule has 110 valence electrons. The maximum Gasteiger partial charge on any atom is 0.270 e. The number of hydrogen-bond acceptors (Lipinski definition) is 2. The van der Waals surface area contributed by atoms with E-state index >= 15 is 0 Å². The number of halogens is 1. The second kappa shape index (κ2) is 5.82. The largest absolute Gasteiger partial charge is 0.497 e. The summed E-state index contributed by atoms with van der Waals surface area (Å²) in [5, 5.41) is 0.554. The topological polar surface area (TPSA) is 45.3 Å². The molecule has 1 aromatic heterocycles. The average Bonchev–Trinajstić information content (AvgIpc) is 3.26. The van der Waals surface area contributed by atoms with Crippen molar-refractivity contribution >= 4 is 17.5 Å². The molecule has 1 aliphatic rings. The van der Waals surface area contributed by atoms with Gasteiger partial charge >= 0.3 is 0 Å². The number of rotatable bonds is 5.